The van der Waals surface area contributed by atoms with E-state index in [1.165, 1.54) is 19.3 Å². The maximum atomic E-state index is 11.9. The van der Waals surface area contributed by atoms with Crippen LogP contribution >= 0.6 is 0 Å². The SMILES string of the molecule is CC12CCC(C1)C(C)(C)C2NC1CCCNC1=O. The molecule has 3 rings (SSSR count). The van der Waals surface area contributed by atoms with Crippen molar-refractivity contribution in [2.75, 3.05) is 6.54 Å². The van der Waals surface area contributed by atoms with Gasteiger partial charge >= 0.3 is 0 Å². The minimum Gasteiger partial charge on any atom is -0.355 e. The summed E-state index contributed by atoms with van der Waals surface area (Å²) in [6.45, 7) is 8.05. The number of rotatable bonds is 2. The fourth-order valence-electron chi connectivity index (χ4n) is 4.85. The van der Waals surface area contributed by atoms with E-state index in [9.17, 15) is 4.79 Å². The third-order valence-electron chi connectivity index (χ3n) is 5.92. The lowest BCUT2D eigenvalue weighted by Gasteiger charge is -2.45. The molecule has 2 aliphatic carbocycles. The number of fused-ring (bicyclic) bond motifs is 2. The van der Waals surface area contributed by atoms with Gasteiger partial charge in [0.05, 0.1) is 6.04 Å². The van der Waals surface area contributed by atoms with E-state index in [4.69, 9.17) is 0 Å². The third-order valence-corrected chi connectivity index (χ3v) is 5.92. The zero-order valence-electron chi connectivity index (χ0n) is 11.9. The lowest BCUT2D eigenvalue weighted by Crippen LogP contribution is -2.58. The monoisotopic (exact) mass is 250 g/mol. The fraction of sp³-hybridized carbons (Fsp3) is 0.933. The highest BCUT2D eigenvalue weighted by Gasteiger charge is 2.59. The molecule has 0 aromatic carbocycles. The van der Waals surface area contributed by atoms with Crippen LogP contribution in [0.1, 0.15) is 52.9 Å². The number of carbonyl (C=O) groups is 1. The molecule has 0 spiro atoms. The number of piperidine rings is 1. The first kappa shape index (κ1) is 12.5. The predicted molar refractivity (Wildman–Crippen MR) is 72.2 cm³/mol. The number of hydrogen-bond acceptors (Lipinski definition) is 2. The second kappa shape index (κ2) is 3.96. The molecule has 3 fully saturated rings. The van der Waals surface area contributed by atoms with Gasteiger partial charge in [-0.2, -0.15) is 0 Å². The summed E-state index contributed by atoms with van der Waals surface area (Å²) in [5.74, 6) is 1.05. The highest BCUT2D eigenvalue weighted by molar-refractivity contribution is 5.82. The van der Waals surface area contributed by atoms with E-state index in [0.717, 1.165) is 25.3 Å². The quantitative estimate of drug-likeness (QED) is 0.788. The van der Waals surface area contributed by atoms with Crippen molar-refractivity contribution in [3.8, 4) is 0 Å². The summed E-state index contributed by atoms with van der Waals surface area (Å²) < 4.78 is 0. The van der Waals surface area contributed by atoms with Crippen molar-refractivity contribution >= 4 is 5.91 Å². The van der Waals surface area contributed by atoms with Crippen molar-refractivity contribution in [3.63, 3.8) is 0 Å². The van der Waals surface area contributed by atoms with Gasteiger partial charge in [0, 0.05) is 12.6 Å². The predicted octanol–water partition coefficient (Wildman–Crippen LogP) is 2.07. The average Bonchev–Trinajstić information content (AvgIpc) is 2.78. The minimum absolute atomic E-state index is 0.0409. The molecule has 0 aromatic rings. The highest BCUT2D eigenvalue weighted by Crippen LogP contribution is 2.62. The lowest BCUT2D eigenvalue weighted by molar-refractivity contribution is -0.125. The van der Waals surface area contributed by atoms with Crippen LogP contribution in [-0.4, -0.2) is 24.5 Å². The highest BCUT2D eigenvalue weighted by atomic mass is 16.2. The molecule has 3 nitrogen and oxygen atoms in total. The summed E-state index contributed by atoms with van der Waals surface area (Å²) in [5, 5.41) is 6.71. The van der Waals surface area contributed by atoms with Crippen LogP contribution in [0, 0.1) is 16.7 Å². The van der Waals surface area contributed by atoms with E-state index in [0.29, 0.717) is 16.9 Å². The van der Waals surface area contributed by atoms with Crippen LogP contribution in [0.2, 0.25) is 0 Å². The zero-order valence-corrected chi connectivity index (χ0v) is 11.9. The molecule has 4 unspecified atom stereocenters. The smallest absolute Gasteiger partial charge is 0.237 e. The summed E-state index contributed by atoms with van der Waals surface area (Å²) in [7, 11) is 0. The van der Waals surface area contributed by atoms with Gasteiger partial charge in [-0.1, -0.05) is 20.8 Å². The second-order valence-corrected chi connectivity index (χ2v) is 7.50. The molecule has 1 aliphatic heterocycles. The Morgan fingerprint density at radius 1 is 1.28 bits per heavy atom. The Balaban J connectivity index is 1.77. The van der Waals surface area contributed by atoms with Crippen molar-refractivity contribution in [1.29, 1.82) is 0 Å². The van der Waals surface area contributed by atoms with E-state index < -0.39 is 0 Å². The summed E-state index contributed by atoms with van der Waals surface area (Å²) in [6, 6.07) is 0.539. The first-order valence-electron chi connectivity index (χ1n) is 7.47. The van der Waals surface area contributed by atoms with Crippen LogP contribution in [0.3, 0.4) is 0 Å². The first-order valence-corrected chi connectivity index (χ1v) is 7.47. The van der Waals surface area contributed by atoms with E-state index in [2.05, 4.69) is 31.4 Å². The summed E-state index contributed by atoms with van der Waals surface area (Å²) in [5.41, 5.74) is 0.747. The minimum atomic E-state index is 0.0409. The van der Waals surface area contributed by atoms with Gasteiger partial charge in [0.15, 0.2) is 0 Å². The van der Waals surface area contributed by atoms with Crippen LogP contribution in [0.25, 0.3) is 0 Å². The molecule has 0 radical (unpaired) electrons. The normalized spacial score (nSPS) is 46.2. The molecule has 1 heterocycles. The number of hydrogen-bond donors (Lipinski definition) is 2. The van der Waals surface area contributed by atoms with Gasteiger partial charge in [-0.3, -0.25) is 4.79 Å². The van der Waals surface area contributed by atoms with Crippen molar-refractivity contribution in [1.82, 2.24) is 10.6 Å². The van der Waals surface area contributed by atoms with Crippen LogP contribution in [-0.2, 0) is 4.79 Å². The second-order valence-electron chi connectivity index (χ2n) is 7.50. The molecule has 3 heteroatoms. The van der Waals surface area contributed by atoms with Crippen molar-refractivity contribution in [3.05, 3.63) is 0 Å². The first-order chi connectivity index (χ1) is 8.43. The summed E-state index contributed by atoms with van der Waals surface area (Å²) >= 11 is 0. The van der Waals surface area contributed by atoms with Crippen molar-refractivity contribution in [2.45, 2.75) is 65.0 Å². The van der Waals surface area contributed by atoms with Crippen LogP contribution in [0.15, 0.2) is 0 Å². The molecular weight excluding hydrogens is 224 g/mol. The Labute approximate surface area is 110 Å². The molecular formula is C15H26N2O. The molecule has 18 heavy (non-hydrogen) atoms. The van der Waals surface area contributed by atoms with Crippen molar-refractivity contribution < 1.29 is 4.79 Å². The lowest BCUT2D eigenvalue weighted by atomic mass is 9.68. The maximum absolute atomic E-state index is 11.9. The molecule has 1 saturated heterocycles. The van der Waals surface area contributed by atoms with Gasteiger partial charge in [0.2, 0.25) is 5.91 Å². The Morgan fingerprint density at radius 2 is 2.06 bits per heavy atom. The molecule has 0 aromatic heterocycles. The van der Waals surface area contributed by atoms with Gasteiger partial charge in [-0.05, 0) is 48.9 Å². The standard InChI is InChI=1S/C15H26N2O/c1-14(2)10-6-7-15(3,9-10)13(14)17-11-5-4-8-16-12(11)18/h10-11,13,17H,4-9H2,1-3H3,(H,16,18). The maximum Gasteiger partial charge on any atom is 0.237 e. The Hall–Kier alpha value is -0.570. The molecule has 3 aliphatic rings. The summed E-state index contributed by atoms with van der Waals surface area (Å²) in [6.07, 6.45) is 6.15. The summed E-state index contributed by atoms with van der Waals surface area (Å²) in [4.78, 5) is 11.9. The van der Waals surface area contributed by atoms with Gasteiger partial charge in [0.25, 0.3) is 0 Å². The van der Waals surface area contributed by atoms with Gasteiger partial charge < -0.3 is 10.6 Å². The topological polar surface area (TPSA) is 41.1 Å². The van der Waals surface area contributed by atoms with Gasteiger partial charge in [0.1, 0.15) is 0 Å². The molecule has 2 N–H and O–H groups in total. The molecule has 4 atom stereocenters. The molecule has 102 valence electrons. The van der Waals surface area contributed by atoms with E-state index in [-0.39, 0.29) is 11.9 Å². The zero-order chi connectivity index (χ0) is 13.0. The van der Waals surface area contributed by atoms with E-state index in [1.54, 1.807) is 0 Å². The van der Waals surface area contributed by atoms with Crippen molar-refractivity contribution in [2.24, 2.45) is 16.7 Å². The molecule has 2 bridgehead atoms. The fourth-order valence-corrected chi connectivity index (χ4v) is 4.85. The van der Waals surface area contributed by atoms with E-state index in [1.807, 2.05) is 0 Å². The molecule has 1 amide bonds. The van der Waals surface area contributed by atoms with Crippen LogP contribution in [0.4, 0.5) is 0 Å². The largest absolute Gasteiger partial charge is 0.355 e. The number of nitrogens with one attached hydrogen (secondary N) is 2. The van der Waals surface area contributed by atoms with Gasteiger partial charge in [-0.25, -0.2) is 0 Å². The Morgan fingerprint density at radius 3 is 2.67 bits per heavy atom. The average molecular weight is 250 g/mol. The van der Waals surface area contributed by atoms with E-state index >= 15 is 0 Å². The van der Waals surface area contributed by atoms with Gasteiger partial charge in [-0.15, -0.1) is 0 Å². The number of amides is 1. The van der Waals surface area contributed by atoms with Crippen LogP contribution in [0.5, 0.6) is 0 Å². The Kier molecular flexibility index (Phi) is 2.74. The Bertz CT molecular complexity index is 361. The molecule has 2 saturated carbocycles. The van der Waals surface area contributed by atoms with Crippen LogP contribution < -0.4 is 10.6 Å². The third kappa shape index (κ3) is 1.70. The number of carbonyl (C=O) groups excluding carboxylic acids is 1.